The van der Waals surface area contributed by atoms with Crippen LogP contribution in [0.5, 0.6) is 0 Å². The minimum atomic E-state index is 0.558. The predicted molar refractivity (Wildman–Crippen MR) is 63.9 cm³/mol. The Kier molecular flexibility index (Phi) is 4.82. The smallest absolute Gasteiger partial charge is 0.120 e. The van der Waals surface area contributed by atoms with Crippen LogP contribution in [0.1, 0.15) is 58.0 Å². The fraction of sp³-hybridized carbons (Fsp3) is 0.750. The van der Waals surface area contributed by atoms with Crippen LogP contribution in [0.4, 0.5) is 0 Å². The third-order valence-corrected chi connectivity index (χ3v) is 3.02. The van der Waals surface area contributed by atoms with Gasteiger partial charge < -0.3 is 10.3 Å². The third-order valence-electron chi connectivity index (χ3n) is 3.02. The van der Waals surface area contributed by atoms with Crippen molar-refractivity contribution in [3.8, 4) is 0 Å². The number of nitrogens with one attached hydrogen (secondary N) is 2. The summed E-state index contributed by atoms with van der Waals surface area (Å²) >= 11 is 0. The number of rotatable bonds is 6. The van der Waals surface area contributed by atoms with Crippen LogP contribution in [0.2, 0.25) is 0 Å². The molecule has 0 aromatic carbocycles. The lowest BCUT2D eigenvalue weighted by Gasteiger charge is -2.09. The molecule has 3 nitrogen and oxygen atoms in total. The van der Waals surface area contributed by atoms with Gasteiger partial charge in [-0.25, -0.2) is 4.98 Å². The maximum Gasteiger partial charge on any atom is 0.120 e. The highest BCUT2D eigenvalue weighted by Gasteiger charge is 2.07. The minimum absolute atomic E-state index is 0.558. The number of hydrogen-bond acceptors (Lipinski definition) is 2. The highest BCUT2D eigenvalue weighted by molar-refractivity contribution is 5.06. The molecular weight excluding hydrogens is 186 g/mol. The van der Waals surface area contributed by atoms with E-state index in [0.29, 0.717) is 12.0 Å². The Morgan fingerprint density at radius 2 is 2.07 bits per heavy atom. The van der Waals surface area contributed by atoms with E-state index in [1.54, 1.807) is 0 Å². The molecule has 3 heteroatoms. The van der Waals surface area contributed by atoms with Crippen molar-refractivity contribution in [2.24, 2.45) is 0 Å². The van der Waals surface area contributed by atoms with E-state index in [1.807, 2.05) is 6.20 Å². The second-order valence-electron chi connectivity index (χ2n) is 4.28. The first kappa shape index (κ1) is 12.2. The van der Waals surface area contributed by atoms with Crippen LogP contribution < -0.4 is 5.32 Å². The minimum Gasteiger partial charge on any atom is -0.345 e. The molecule has 0 saturated carbocycles. The Hall–Kier alpha value is -0.830. The normalized spacial score (nSPS) is 15.2. The van der Waals surface area contributed by atoms with Crippen molar-refractivity contribution in [3.05, 3.63) is 17.7 Å². The summed E-state index contributed by atoms with van der Waals surface area (Å²) < 4.78 is 0. The number of aromatic amines is 1. The van der Waals surface area contributed by atoms with Gasteiger partial charge >= 0.3 is 0 Å². The van der Waals surface area contributed by atoms with Crippen LogP contribution >= 0.6 is 0 Å². The highest BCUT2D eigenvalue weighted by Crippen LogP contribution is 2.15. The summed E-state index contributed by atoms with van der Waals surface area (Å²) in [6.07, 6.45) is 4.27. The molecular formula is C12H23N3. The molecule has 1 aromatic rings. The molecule has 0 spiro atoms. The van der Waals surface area contributed by atoms with Crippen LogP contribution in [0.15, 0.2) is 6.20 Å². The second-order valence-corrected chi connectivity index (χ2v) is 4.28. The van der Waals surface area contributed by atoms with E-state index < -0.39 is 0 Å². The summed E-state index contributed by atoms with van der Waals surface area (Å²) in [5.74, 6) is 1.63. The van der Waals surface area contributed by atoms with Crippen molar-refractivity contribution in [2.45, 2.75) is 59.0 Å². The monoisotopic (exact) mass is 209 g/mol. The van der Waals surface area contributed by atoms with E-state index in [0.717, 1.165) is 25.2 Å². The number of nitrogens with zero attached hydrogens (tertiary/aromatic N) is 1. The predicted octanol–water partition coefficient (Wildman–Crippen LogP) is 2.81. The average Bonchev–Trinajstić information content (AvgIpc) is 2.73. The molecule has 0 amide bonds. The first-order chi connectivity index (χ1) is 7.17. The SMILES string of the molecule is CCC(C)NCc1ncc(C(C)CC)[nH]1. The summed E-state index contributed by atoms with van der Waals surface area (Å²) in [6.45, 7) is 9.64. The van der Waals surface area contributed by atoms with Crippen LogP contribution in [0.25, 0.3) is 0 Å². The quantitative estimate of drug-likeness (QED) is 0.756. The van der Waals surface area contributed by atoms with Crippen LogP contribution in [0.3, 0.4) is 0 Å². The maximum absolute atomic E-state index is 4.37. The highest BCUT2D eigenvalue weighted by atomic mass is 15.0. The molecule has 0 saturated heterocycles. The molecule has 0 fully saturated rings. The number of hydrogen-bond donors (Lipinski definition) is 2. The Labute approximate surface area is 92.7 Å². The zero-order valence-corrected chi connectivity index (χ0v) is 10.3. The van der Waals surface area contributed by atoms with Crippen LogP contribution in [-0.4, -0.2) is 16.0 Å². The van der Waals surface area contributed by atoms with Gasteiger partial charge in [-0.05, 0) is 25.7 Å². The standard InChI is InChI=1S/C12H23N3/c1-5-9(3)11-7-14-12(15-11)8-13-10(4)6-2/h7,9-10,13H,5-6,8H2,1-4H3,(H,14,15). The van der Waals surface area contributed by atoms with Gasteiger partial charge in [0.05, 0.1) is 6.54 Å². The molecule has 2 unspecified atom stereocenters. The number of imidazole rings is 1. The Balaban J connectivity index is 2.46. The van der Waals surface area contributed by atoms with Gasteiger partial charge in [0.2, 0.25) is 0 Å². The molecule has 2 atom stereocenters. The Bertz CT molecular complexity index is 280. The lowest BCUT2D eigenvalue weighted by atomic mass is 10.1. The van der Waals surface area contributed by atoms with E-state index >= 15 is 0 Å². The summed E-state index contributed by atoms with van der Waals surface area (Å²) in [6, 6.07) is 0.558. The van der Waals surface area contributed by atoms with Crippen molar-refractivity contribution >= 4 is 0 Å². The second kappa shape index (κ2) is 5.91. The third kappa shape index (κ3) is 3.67. The van der Waals surface area contributed by atoms with E-state index in [4.69, 9.17) is 0 Å². The Morgan fingerprint density at radius 1 is 1.33 bits per heavy atom. The van der Waals surface area contributed by atoms with Gasteiger partial charge in [-0.1, -0.05) is 20.8 Å². The summed E-state index contributed by atoms with van der Waals surface area (Å²) in [4.78, 5) is 7.74. The molecule has 2 N–H and O–H groups in total. The van der Waals surface area contributed by atoms with Crippen molar-refractivity contribution in [2.75, 3.05) is 0 Å². The van der Waals surface area contributed by atoms with Crippen molar-refractivity contribution in [1.29, 1.82) is 0 Å². The molecule has 1 aromatic heterocycles. The summed E-state index contributed by atoms with van der Waals surface area (Å²) in [7, 11) is 0. The van der Waals surface area contributed by atoms with Crippen LogP contribution in [0, 0.1) is 0 Å². The fourth-order valence-electron chi connectivity index (χ4n) is 1.35. The molecule has 15 heavy (non-hydrogen) atoms. The van der Waals surface area contributed by atoms with Gasteiger partial charge in [0, 0.05) is 17.9 Å². The van der Waals surface area contributed by atoms with Gasteiger partial charge in [-0.15, -0.1) is 0 Å². The molecule has 86 valence electrons. The van der Waals surface area contributed by atoms with Gasteiger partial charge in [-0.3, -0.25) is 0 Å². The van der Waals surface area contributed by atoms with Crippen LogP contribution in [-0.2, 0) is 6.54 Å². The molecule has 0 bridgehead atoms. The van der Waals surface area contributed by atoms with E-state index in [2.05, 4.69) is 43.0 Å². The summed E-state index contributed by atoms with van der Waals surface area (Å²) in [5.41, 5.74) is 1.25. The molecule has 0 aliphatic rings. The van der Waals surface area contributed by atoms with Gasteiger partial charge in [0.25, 0.3) is 0 Å². The van der Waals surface area contributed by atoms with E-state index in [9.17, 15) is 0 Å². The maximum atomic E-state index is 4.37. The van der Waals surface area contributed by atoms with Crippen molar-refractivity contribution in [1.82, 2.24) is 15.3 Å². The first-order valence-corrected chi connectivity index (χ1v) is 5.94. The molecule has 0 aliphatic carbocycles. The molecule has 0 radical (unpaired) electrons. The zero-order valence-electron chi connectivity index (χ0n) is 10.3. The van der Waals surface area contributed by atoms with E-state index in [1.165, 1.54) is 5.69 Å². The Morgan fingerprint density at radius 3 is 2.67 bits per heavy atom. The van der Waals surface area contributed by atoms with Gasteiger partial charge in [0.15, 0.2) is 0 Å². The lowest BCUT2D eigenvalue weighted by molar-refractivity contribution is 0.524. The van der Waals surface area contributed by atoms with Crippen molar-refractivity contribution < 1.29 is 0 Å². The number of H-pyrrole nitrogens is 1. The number of aromatic nitrogens is 2. The fourth-order valence-corrected chi connectivity index (χ4v) is 1.35. The van der Waals surface area contributed by atoms with Gasteiger partial charge in [-0.2, -0.15) is 0 Å². The molecule has 1 rings (SSSR count). The van der Waals surface area contributed by atoms with E-state index in [-0.39, 0.29) is 0 Å². The molecule has 1 heterocycles. The summed E-state index contributed by atoms with van der Waals surface area (Å²) in [5, 5.41) is 3.43. The average molecular weight is 209 g/mol. The van der Waals surface area contributed by atoms with Gasteiger partial charge in [0.1, 0.15) is 5.82 Å². The van der Waals surface area contributed by atoms with Crippen molar-refractivity contribution in [3.63, 3.8) is 0 Å². The topological polar surface area (TPSA) is 40.7 Å². The first-order valence-electron chi connectivity index (χ1n) is 5.94. The lowest BCUT2D eigenvalue weighted by Crippen LogP contribution is -2.24. The molecule has 0 aliphatic heterocycles. The largest absolute Gasteiger partial charge is 0.345 e. The zero-order chi connectivity index (χ0) is 11.3.